The molecular weight excluding hydrogens is 433 g/mol. The van der Waals surface area contributed by atoms with E-state index in [2.05, 4.69) is 9.97 Å². The van der Waals surface area contributed by atoms with E-state index in [9.17, 15) is 22.8 Å². The van der Waals surface area contributed by atoms with Gasteiger partial charge in [-0.05, 0) is 56.6 Å². The molecule has 2 saturated heterocycles. The van der Waals surface area contributed by atoms with E-state index in [-0.39, 0.29) is 60.2 Å². The average molecular weight is 461 g/mol. The lowest BCUT2D eigenvalue weighted by Crippen LogP contribution is -2.50. The van der Waals surface area contributed by atoms with Crippen molar-refractivity contribution in [1.82, 2.24) is 14.9 Å². The van der Waals surface area contributed by atoms with E-state index in [0.29, 0.717) is 24.6 Å². The Bertz CT molecular complexity index is 1030. The topological polar surface area (TPSA) is 89.2 Å². The number of amides is 1. The third kappa shape index (κ3) is 5.08. The van der Waals surface area contributed by atoms with Crippen molar-refractivity contribution >= 4 is 11.7 Å². The second-order valence-electron chi connectivity index (χ2n) is 9.11. The molecule has 1 amide bonds. The molecule has 2 bridgehead atoms. The molecule has 3 heterocycles. The molecule has 4 rings (SSSR count). The van der Waals surface area contributed by atoms with Gasteiger partial charge in [-0.1, -0.05) is 0 Å². The molecule has 0 aliphatic carbocycles. The highest BCUT2D eigenvalue weighted by molar-refractivity contribution is 5.96. The second kappa shape index (κ2) is 9.59. The van der Waals surface area contributed by atoms with E-state index in [1.165, 1.54) is 12.4 Å². The molecule has 0 saturated carbocycles. The van der Waals surface area contributed by atoms with Crippen LogP contribution in [0.3, 0.4) is 0 Å². The zero-order valence-electron chi connectivity index (χ0n) is 18.4. The maximum absolute atomic E-state index is 14.0. The highest BCUT2D eigenvalue weighted by Crippen LogP contribution is 2.40. The van der Waals surface area contributed by atoms with Gasteiger partial charge in [-0.15, -0.1) is 0 Å². The van der Waals surface area contributed by atoms with Gasteiger partial charge in [0, 0.05) is 43.2 Å². The number of rotatable bonds is 7. The molecule has 4 atom stereocenters. The summed E-state index contributed by atoms with van der Waals surface area (Å²) in [5, 5.41) is 0. The van der Waals surface area contributed by atoms with Crippen molar-refractivity contribution in [3.63, 3.8) is 0 Å². The minimum absolute atomic E-state index is 0.0244. The van der Waals surface area contributed by atoms with E-state index >= 15 is 0 Å². The van der Waals surface area contributed by atoms with Crippen LogP contribution in [0.25, 0.3) is 0 Å². The highest BCUT2D eigenvalue weighted by Gasteiger charge is 2.44. The largest absolute Gasteiger partial charge is 0.337 e. The molecule has 1 aromatic heterocycles. The number of carbonyl (C=O) groups excluding carboxylic acids is 2. The summed E-state index contributed by atoms with van der Waals surface area (Å²) < 4.78 is 40.8. The van der Waals surface area contributed by atoms with Crippen LogP contribution >= 0.6 is 0 Å². The predicted octanol–water partition coefficient (Wildman–Crippen LogP) is 3.50. The maximum Gasteiger partial charge on any atom is 0.223 e. The number of halogens is 3. The van der Waals surface area contributed by atoms with Crippen molar-refractivity contribution in [2.24, 2.45) is 11.7 Å². The molecule has 0 radical (unpaired) electrons. The Morgan fingerprint density at radius 1 is 1.03 bits per heavy atom. The first-order valence-electron chi connectivity index (χ1n) is 11.2. The zero-order valence-corrected chi connectivity index (χ0v) is 18.4. The maximum atomic E-state index is 14.0. The number of nitrogens with zero attached hydrogens (tertiary/aromatic N) is 3. The Balaban J connectivity index is 1.34. The number of aryl methyl sites for hydroxylation is 1. The molecule has 1 unspecified atom stereocenters. The Morgan fingerprint density at radius 2 is 1.70 bits per heavy atom. The van der Waals surface area contributed by atoms with Crippen LogP contribution in [-0.2, 0) is 11.2 Å². The fourth-order valence-electron chi connectivity index (χ4n) is 5.13. The molecule has 2 aliphatic rings. The molecular formula is C24H27F3N4O2. The van der Waals surface area contributed by atoms with Crippen molar-refractivity contribution in [1.29, 1.82) is 0 Å². The molecule has 2 fully saturated rings. The van der Waals surface area contributed by atoms with Gasteiger partial charge in [0.15, 0.2) is 17.4 Å². The van der Waals surface area contributed by atoms with E-state index < -0.39 is 23.5 Å². The smallest absolute Gasteiger partial charge is 0.223 e. The summed E-state index contributed by atoms with van der Waals surface area (Å²) in [6.45, 7) is 1.78. The molecule has 2 aliphatic heterocycles. The van der Waals surface area contributed by atoms with E-state index in [4.69, 9.17) is 5.73 Å². The van der Waals surface area contributed by atoms with Crippen LogP contribution in [0.15, 0.2) is 24.5 Å². The summed E-state index contributed by atoms with van der Waals surface area (Å²) in [6, 6.07) is 1.04. The lowest BCUT2D eigenvalue weighted by molar-refractivity contribution is -0.136. The lowest BCUT2D eigenvalue weighted by Gasteiger charge is -2.41. The van der Waals surface area contributed by atoms with Gasteiger partial charge in [0.25, 0.3) is 0 Å². The summed E-state index contributed by atoms with van der Waals surface area (Å²) in [4.78, 5) is 35.3. The summed E-state index contributed by atoms with van der Waals surface area (Å²) in [7, 11) is 0. The summed E-state index contributed by atoms with van der Waals surface area (Å²) in [6.07, 6.45) is 6.30. The summed E-state index contributed by atoms with van der Waals surface area (Å²) >= 11 is 0. The van der Waals surface area contributed by atoms with E-state index in [1.54, 1.807) is 6.92 Å². The number of Topliss-reactive ketones (excluding diaryl/α,β-unsaturated/α-hetero) is 1. The van der Waals surface area contributed by atoms with Crippen molar-refractivity contribution in [2.75, 3.05) is 0 Å². The fraction of sp³-hybridized carbons (Fsp3) is 0.500. The number of hydrogen-bond donors (Lipinski definition) is 1. The van der Waals surface area contributed by atoms with Crippen LogP contribution in [0.1, 0.15) is 60.3 Å². The van der Waals surface area contributed by atoms with Crippen molar-refractivity contribution in [3.8, 4) is 0 Å². The zero-order chi connectivity index (χ0) is 23.7. The van der Waals surface area contributed by atoms with Crippen LogP contribution in [0.5, 0.6) is 0 Å². The van der Waals surface area contributed by atoms with Crippen LogP contribution in [0.4, 0.5) is 13.2 Å². The molecule has 2 N–H and O–H groups in total. The second-order valence-corrected chi connectivity index (χ2v) is 9.11. The van der Waals surface area contributed by atoms with Gasteiger partial charge < -0.3 is 10.6 Å². The standard InChI is InChI=1S/C24H27F3N4O2/c1-13-11-30-22(12-29-13)23(32)4-5-24(33)31-16-2-3-17(31)7-15(6-16)21(28)9-14-8-19(26)20(27)10-18(14)25/h8,10-12,15-17,21H,2-7,9,28H2,1H3/t15?,16-,17+,21-/m1/s1. The first kappa shape index (κ1) is 23.4. The first-order valence-corrected chi connectivity index (χ1v) is 11.2. The fourth-order valence-corrected chi connectivity index (χ4v) is 5.13. The van der Waals surface area contributed by atoms with Crippen LogP contribution in [0.2, 0.25) is 0 Å². The molecule has 9 heteroatoms. The third-order valence-corrected chi connectivity index (χ3v) is 6.84. The van der Waals surface area contributed by atoms with Gasteiger partial charge in [0.1, 0.15) is 11.5 Å². The monoisotopic (exact) mass is 460 g/mol. The number of benzene rings is 1. The van der Waals surface area contributed by atoms with Gasteiger partial charge in [-0.2, -0.15) is 0 Å². The number of ketones is 1. The first-order chi connectivity index (χ1) is 15.7. The number of hydrogen-bond acceptors (Lipinski definition) is 5. The molecule has 0 spiro atoms. The highest BCUT2D eigenvalue weighted by atomic mass is 19.2. The van der Waals surface area contributed by atoms with Gasteiger partial charge in [0.2, 0.25) is 5.91 Å². The van der Waals surface area contributed by atoms with Crippen molar-refractivity contribution in [2.45, 2.75) is 70.0 Å². The molecule has 2 aromatic rings. The Kier molecular flexibility index (Phi) is 6.78. The quantitative estimate of drug-likeness (QED) is 0.505. The van der Waals surface area contributed by atoms with Gasteiger partial charge >= 0.3 is 0 Å². The van der Waals surface area contributed by atoms with Crippen molar-refractivity contribution < 1.29 is 22.8 Å². The number of nitrogens with two attached hydrogens (primary N) is 1. The Labute approximate surface area is 190 Å². The molecule has 1 aromatic carbocycles. The lowest BCUT2D eigenvalue weighted by atomic mass is 9.82. The Morgan fingerprint density at radius 3 is 2.33 bits per heavy atom. The number of aromatic nitrogens is 2. The Hall–Kier alpha value is -2.81. The predicted molar refractivity (Wildman–Crippen MR) is 115 cm³/mol. The van der Waals surface area contributed by atoms with Crippen LogP contribution in [-0.4, -0.2) is 44.7 Å². The number of fused-ring (bicyclic) bond motifs is 2. The molecule has 6 nitrogen and oxygen atoms in total. The van der Waals surface area contributed by atoms with Crippen molar-refractivity contribution in [3.05, 3.63) is 58.9 Å². The molecule has 176 valence electrons. The van der Waals surface area contributed by atoms with E-state index in [1.807, 2.05) is 4.90 Å². The van der Waals surface area contributed by atoms with Gasteiger partial charge in [-0.3, -0.25) is 14.6 Å². The summed E-state index contributed by atoms with van der Waals surface area (Å²) in [5.74, 6) is -3.34. The minimum Gasteiger partial charge on any atom is -0.337 e. The number of carbonyl (C=O) groups is 2. The van der Waals surface area contributed by atoms with Gasteiger partial charge in [0.05, 0.1) is 11.9 Å². The normalized spacial score (nSPS) is 22.9. The minimum atomic E-state index is -1.22. The van der Waals surface area contributed by atoms with Gasteiger partial charge in [-0.25, -0.2) is 18.2 Å². The van der Waals surface area contributed by atoms with Crippen LogP contribution < -0.4 is 5.73 Å². The van der Waals surface area contributed by atoms with E-state index in [0.717, 1.165) is 18.9 Å². The third-order valence-electron chi connectivity index (χ3n) is 6.84. The molecule has 33 heavy (non-hydrogen) atoms. The van der Waals surface area contributed by atoms with Crippen LogP contribution in [0, 0.1) is 30.3 Å². The summed E-state index contributed by atoms with van der Waals surface area (Å²) in [5.41, 5.74) is 7.37. The SMILES string of the molecule is Cc1cnc(C(=O)CCC(=O)N2[C@@H]3CC[C@H]2CC([C@H](N)Cc2cc(F)c(F)cc2F)C3)cn1. The number of piperidine rings is 1. The average Bonchev–Trinajstić information content (AvgIpc) is 3.05.